The highest BCUT2D eigenvalue weighted by atomic mass is 16.3. The third-order valence-electron chi connectivity index (χ3n) is 7.17. The van der Waals surface area contributed by atoms with Gasteiger partial charge in [-0.05, 0) is 78.8 Å². The van der Waals surface area contributed by atoms with E-state index < -0.39 is 0 Å². The highest BCUT2D eigenvalue weighted by Crippen LogP contribution is 2.34. The Hall–Kier alpha value is -3.26. The molecule has 4 aromatic rings. The van der Waals surface area contributed by atoms with E-state index in [1.165, 1.54) is 18.4 Å². The Balaban J connectivity index is 1.55. The van der Waals surface area contributed by atoms with Crippen molar-refractivity contribution < 1.29 is 4.42 Å². The molecule has 5 rings (SSSR count). The molecule has 1 aromatic carbocycles. The molecule has 8 nitrogen and oxygen atoms in total. The van der Waals surface area contributed by atoms with Crippen LogP contribution in [0, 0.1) is 13.8 Å². The molecule has 1 aliphatic carbocycles. The lowest BCUT2D eigenvalue weighted by Crippen LogP contribution is -2.33. The van der Waals surface area contributed by atoms with Gasteiger partial charge in [-0.25, -0.2) is 4.68 Å². The third-order valence-corrected chi connectivity index (χ3v) is 7.17. The van der Waals surface area contributed by atoms with E-state index in [-0.39, 0.29) is 11.6 Å². The van der Waals surface area contributed by atoms with Crippen LogP contribution in [0.2, 0.25) is 0 Å². The highest BCUT2D eigenvalue weighted by Gasteiger charge is 2.30. The molecule has 3 heterocycles. The second-order valence-electron chi connectivity index (χ2n) is 9.88. The number of nitrogens with one attached hydrogen (secondary N) is 1. The van der Waals surface area contributed by atoms with Crippen molar-refractivity contribution in [3.63, 3.8) is 0 Å². The van der Waals surface area contributed by atoms with Crippen molar-refractivity contribution >= 4 is 10.9 Å². The quantitative estimate of drug-likeness (QED) is 0.350. The predicted molar refractivity (Wildman–Crippen MR) is 135 cm³/mol. The molecule has 1 fully saturated rings. The first kappa shape index (κ1) is 23.5. The number of fused-ring (bicyclic) bond motifs is 1. The maximum absolute atomic E-state index is 13.2. The molecule has 35 heavy (non-hydrogen) atoms. The van der Waals surface area contributed by atoms with Gasteiger partial charge in [-0.3, -0.25) is 9.69 Å². The van der Waals surface area contributed by atoms with Gasteiger partial charge in [-0.2, -0.15) is 0 Å². The lowest BCUT2D eigenvalue weighted by atomic mass is 10.0. The Morgan fingerprint density at radius 2 is 2.03 bits per heavy atom. The SMILES string of the molecule is CCC[C@H](c1nnnn1C1CCCC1)N(Cc1ccco1)Cc1cc2cc(C)cc(C)c2[nH]c1=O. The van der Waals surface area contributed by atoms with Gasteiger partial charge in [-0.15, -0.1) is 5.10 Å². The fourth-order valence-electron chi connectivity index (χ4n) is 5.52. The molecular weight excluding hydrogens is 440 g/mol. The smallest absolute Gasteiger partial charge is 0.252 e. The topological polar surface area (TPSA) is 92.8 Å². The lowest BCUT2D eigenvalue weighted by Gasteiger charge is -2.31. The second-order valence-corrected chi connectivity index (χ2v) is 9.88. The first-order chi connectivity index (χ1) is 17.0. The standard InChI is InChI=1S/C27H34N6O2/c1-4-8-24(26-29-30-31-33(26)22-9-5-6-10-22)32(17-23-11-7-12-35-23)16-21-15-20-14-18(2)13-19(3)25(20)28-27(21)34/h7,11-15,22,24H,4-6,8-10,16-17H2,1-3H3,(H,28,34)/t24-/m1/s1. The molecule has 1 saturated carbocycles. The summed E-state index contributed by atoms with van der Waals surface area (Å²) < 4.78 is 7.76. The number of aromatic amines is 1. The van der Waals surface area contributed by atoms with E-state index >= 15 is 0 Å². The molecule has 0 aliphatic heterocycles. The van der Waals surface area contributed by atoms with Crippen molar-refractivity contribution in [1.29, 1.82) is 0 Å². The Morgan fingerprint density at radius 1 is 1.20 bits per heavy atom. The summed E-state index contributed by atoms with van der Waals surface area (Å²) in [5, 5.41) is 14.0. The molecule has 0 radical (unpaired) electrons. The minimum Gasteiger partial charge on any atom is -0.468 e. The number of hydrogen-bond donors (Lipinski definition) is 1. The molecule has 0 unspecified atom stereocenters. The first-order valence-electron chi connectivity index (χ1n) is 12.7. The van der Waals surface area contributed by atoms with Crippen LogP contribution in [0.4, 0.5) is 0 Å². The van der Waals surface area contributed by atoms with Crippen LogP contribution in [0.15, 0.2) is 45.8 Å². The van der Waals surface area contributed by atoms with E-state index in [0.29, 0.717) is 19.1 Å². The van der Waals surface area contributed by atoms with Crippen LogP contribution in [-0.2, 0) is 13.1 Å². The predicted octanol–water partition coefficient (Wildman–Crippen LogP) is 5.38. The maximum atomic E-state index is 13.2. The normalized spacial score (nSPS) is 15.4. The summed E-state index contributed by atoms with van der Waals surface area (Å²) in [6, 6.07) is 10.5. The number of aryl methyl sites for hydroxylation is 2. The molecule has 1 N–H and O–H groups in total. The fraction of sp³-hybridized carbons (Fsp3) is 0.481. The molecule has 0 spiro atoms. The minimum absolute atomic E-state index is 0.0324. The highest BCUT2D eigenvalue weighted by molar-refractivity contribution is 5.82. The minimum atomic E-state index is -0.0560. The van der Waals surface area contributed by atoms with Crippen LogP contribution in [-0.4, -0.2) is 30.1 Å². The van der Waals surface area contributed by atoms with Crippen LogP contribution in [0.25, 0.3) is 10.9 Å². The van der Waals surface area contributed by atoms with E-state index in [2.05, 4.69) is 51.4 Å². The number of tetrazole rings is 1. The average molecular weight is 475 g/mol. The second kappa shape index (κ2) is 10.2. The van der Waals surface area contributed by atoms with Gasteiger partial charge < -0.3 is 9.40 Å². The van der Waals surface area contributed by atoms with Gasteiger partial charge in [0.05, 0.1) is 30.4 Å². The Labute approximate surface area is 205 Å². The van der Waals surface area contributed by atoms with Crippen molar-refractivity contribution in [2.75, 3.05) is 0 Å². The molecule has 1 atom stereocenters. The molecule has 1 aliphatic rings. The van der Waals surface area contributed by atoms with Crippen molar-refractivity contribution in [2.45, 2.75) is 84.5 Å². The number of benzene rings is 1. The van der Waals surface area contributed by atoms with Crippen molar-refractivity contribution in [3.05, 3.63) is 75.2 Å². The zero-order valence-electron chi connectivity index (χ0n) is 20.8. The molecule has 0 saturated heterocycles. The van der Waals surface area contributed by atoms with E-state index in [0.717, 1.165) is 59.3 Å². The van der Waals surface area contributed by atoms with Crippen LogP contribution in [0.1, 0.15) is 85.8 Å². The van der Waals surface area contributed by atoms with E-state index in [4.69, 9.17) is 4.42 Å². The summed E-state index contributed by atoms with van der Waals surface area (Å²) >= 11 is 0. The summed E-state index contributed by atoms with van der Waals surface area (Å²) in [5.41, 5.74) is 3.84. The van der Waals surface area contributed by atoms with Crippen molar-refractivity contribution in [2.24, 2.45) is 0 Å². The number of furan rings is 1. The zero-order valence-corrected chi connectivity index (χ0v) is 20.8. The summed E-state index contributed by atoms with van der Waals surface area (Å²) in [4.78, 5) is 18.6. The van der Waals surface area contributed by atoms with Crippen LogP contribution < -0.4 is 5.56 Å². The third kappa shape index (κ3) is 4.93. The first-order valence-corrected chi connectivity index (χ1v) is 12.7. The molecule has 184 valence electrons. The van der Waals surface area contributed by atoms with Gasteiger partial charge in [0.2, 0.25) is 0 Å². The van der Waals surface area contributed by atoms with Crippen LogP contribution >= 0.6 is 0 Å². The van der Waals surface area contributed by atoms with Gasteiger partial charge in [-0.1, -0.05) is 37.8 Å². The fourth-order valence-corrected chi connectivity index (χ4v) is 5.52. The lowest BCUT2D eigenvalue weighted by molar-refractivity contribution is 0.142. The summed E-state index contributed by atoms with van der Waals surface area (Å²) in [6.07, 6.45) is 8.20. The Kier molecular flexibility index (Phi) is 6.81. The summed E-state index contributed by atoms with van der Waals surface area (Å²) in [6.45, 7) is 7.34. The van der Waals surface area contributed by atoms with Crippen LogP contribution in [0.3, 0.4) is 0 Å². The number of pyridine rings is 1. The summed E-state index contributed by atoms with van der Waals surface area (Å²) in [7, 11) is 0. The van der Waals surface area contributed by atoms with Gasteiger partial charge in [0.25, 0.3) is 5.56 Å². The molecular formula is C27H34N6O2. The Morgan fingerprint density at radius 3 is 2.77 bits per heavy atom. The molecule has 3 aromatic heterocycles. The van der Waals surface area contributed by atoms with Crippen molar-refractivity contribution in [1.82, 2.24) is 30.1 Å². The van der Waals surface area contributed by atoms with E-state index in [1.807, 2.05) is 29.8 Å². The average Bonchev–Trinajstić information content (AvgIpc) is 3.60. The maximum Gasteiger partial charge on any atom is 0.252 e. The molecule has 0 bridgehead atoms. The Bertz CT molecular complexity index is 1330. The van der Waals surface area contributed by atoms with Gasteiger partial charge >= 0.3 is 0 Å². The summed E-state index contributed by atoms with van der Waals surface area (Å²) in [5.74, 6) is 1.74. The number of aromatic nitrogens is 5. The van der Waals surface area contributed by atoms with Gasteiger partial charge in [0.15, 0.2) is 5.82 Å². The molecule has 8 heteroatoms. The number of rotatable bonds is 9. The van der Waals surface area contributed by atoms with Crippen molar-refractivity contribution in [3.8, 4) is 0 Å². The van der Waals surface area contributed by atoms with E-state index in [9.17, 15) is 4.79 Å². The zero-order chi connectivity index (χ0) is 24.4. The van der Waals surface area contributed by atoms with Gasteiger partial charge in [0, 0.05) is 12.1 Å². The van der Waals surface area contributed by atoms with Gasteiger partial charge in [0.1, 0.15) is 5.76 Å². The largest absolute Gasteiger partial charge is 0.468 e. The number of H-pyrrole nitrogens is 1. The number of nitrogens with zero attached hydrogens (tertiary/aromatic N) is 5. The number of hydrogen-bond acceptors (Lipinski definition) is 6. The monoisotopic (exact) mass is 474 g/mol. The van der Waals surface area contributed by atoms with E-state index in [1.54, 1.807) is 6.26 Å². The molecule has 0 amide bonds. The van der Waals surface area contributed by atoms with Crippen LogP contribution in [0.5, 0.6) is 0 Å².